The van der Waals surface area contributed by atoms with E-state index in [2.05, 4.69) is 20.6 Å². The maximum Gasteiger partial charge on any atom is 0.320 e. The molecule has 0 unspecified atom stereocenters. The lowest BCUT2D eigenvalue weighted by molar-refractivity contribution is 0.159. The van der Waals surface area contributed by atoms with Gasteiger partial charge in [0.15, 0.2) is 11.6 Å². The summed E-state index contributed by atoms with van der Waals surface area (Å²) in [5.74, 6) is -1.64. The van der Waals surface area contributed by atoms with E-state index in [-0.39, 0.29) is 17.7 Å². The summed E-state index contributed by atoms with van der Waals surface area (Å²) in [5.41, 5.74) is 2.68. The van der Waals surface area contributed by atoms with Gasteiger partial charge >= 0.3 is 6.03 Å². The number of aryl methyl sites for hydroxylation is 1. The Bertz CT molecular complexity index is 1320. The van der Waals surface area contributed by atoms with Crippen molar-refractivity contribution < 1.29 is 26.7 Å². The predicted molar refractivity (Wildman–Crippen MR) is 136 cm³/mol. The molecule has 0 saturated carbocycles. The van der Waals surface area contributed by atoms with Crippen LogP contribution >= 0.6 is 0 Å². The standard InChI is InChI=1S/C25H29F2N5O4S/c1-31-24(12-22(30-31)17-5-3-16(4-6-17)15-37(34)35)29-25(33)28-23-14-32(9-10-36-2)13-19(23)18-7-8-20(26)21(27)11-18/h3-8,11-12,19,23,37H,9-10,13-15H2,1-2H3,(H2,28,29,33)/t19-,23+/m0/s1. The fourth-order valence-corrected chi connectivity index (χ4v) is 5.00. The lowest BCUT2D eigenvalue weighted by Crippen LogP contribution is -2.42. The van der Waals surface area contributed by atoms with Crippen LogP contribution in [0.15, 0.2) is 48.5 Å². The van der Waals surface area contributed by atoms with Crippen LogP contribution in [0.25, 0.3) is 11.3 Å². The first-order valence-corrected chi connectivity index (χ1v) is 13.1. The molecule has 1 fully saturated rings. The molecule has 12 heteroatoms. The molecule has 1 aromatic heterocycles. The first-order valence-electron chi connectivity index (χ1n) is 11.7. The van der Waals surface area contributed by atoms with Crippen LogP contribution < -0.4 is 10.6 Å². The van der Waals surface area contributed by atoms with Gasteiger partial charge < -0.3 is 10.1 Å². The van der Waals surface area contributed by atoms with E-state index in [1.54, 1.807) is 50.6 Å². The number of benzene rings is 2. The Labute approximate surface area is 215 Å². The number of anilines is 1. The van der Waals surface area contributed by atoms with Crippen molar-refractivity contribution in [3.8, 4) is 11.3 Å². The van der Waals surface area contributed by atoms with Gasteiger partial charge in [0, 0.05) is 51.3 Å². The molecule has 2 atom stereocenters. The maximum atomic E-state index is 13.9. The molecule has 2 N–H and O–H groups in total. The molecular formula is C25H29F2N5O4S. The third-order valence-electron chi connectivity index (χ3n) is 6.38. The Morgan fingerprint density at radius 3 is 2.54 bits per heavy atom. The van der Waals surface area contributed by atoms with E-state index in [4.69, 9.17) is 4.74 Å². The molecule has 1 aliphatic rings. The zero-order valence-electron chi connectivity index (χ0n) is 20.5. The number of methoxy groups -OCH3 is 1. The van der Waals surface area contributed by atoms with Gasteiger partial charge in [-0.05, 0) is 23.3 Å². The first-order chi connectivity index (χ1) is 17.7. The number of carbonyl (C=O) groups is 1. The summed E-state index contributed by atoms with van der Waals surface area (Å²) in [7, 11) is 0.801. The molecule has 4 rings (SSSR count). The van der Waals surface area contributed by atoms with E-state index < -0.39 is 28.4 Å². The van der Waals surface area contributed by atoms with Crippen LogP contribution in [0.1, 0.15) is 17.0 Å². The number of rotatable bonds is 9. The van der Waals surface area contributed by atoms with Gasteiger partial charge in [-0.15, -0.1) is 0 Å². The molecule has 3 aromatic rings. The van der Waals surface area contributed by atoms with E-state index in [1.807, 2.05) is 0 Å². The van der Waals surface area contributed by atoms with Crippen molar-refractivity contribution in [1.82, 2.24) is 20.0 Å². The Morgan fingerprint density at radius 2 is 1.86 bits per heavy atom. The SMILES string of the molecule is COCCN1C[C@@H](NC(=O)Nc2cc(-c3ccc(C[SH](=O)=O)cc3)nn2C)[C@H](c2ccc(F)c(F)c2)C1. The van der Waals surface area contributed by atoms with E-state index in [0.717, 1.165) is 11.6 Å². The van der Waals surface area contributed by atoms with Crippen molar-refractivity contribution in [2.24, 2.45) is 7.05 Å². The third-order valence-corrected chi connectivity index (χ3v) is 7.00. The predicted octanol–water partition coefficient (Wildman–Crippen LogP) is 2.71. The minimum absolute atomic E-state index is 0.0274. The molecule has 198 valence electrons. The van der Waals surface area contributed by atoms with Gasteiger partial charge in [0.25, 0.3) is 0 Å². The number of halogens is 2. The number of carbonyl (C=O) groups excluding carboxylic acids is 1. The molecule has 2 amide bonds. The number of ether oxygens (including phenoxy) is 1. The number of urea groups is 1. The van der Waals surface area contributed by atoms with Gasteiger partial charge in [-0.1, -0.05) is 30.3 Å². The van der Waals surface area contributed by atoms with Crippen molar-refractivity contribution in [3.63, 3.8) is 0 Å². The van der Waals surface area contributed by atoms with Crippen LogP contribution in [0.4, 0.5) is 19.4 Å². The number of hydrogen-bond acceptors (Lipinski definition) is 6. The first kappa shape index (κ1) is 26.7. The van der Waals surface area contributed by atoms with Crippen LogP contribution in [-0.2, 0) is 28.2 Å². The number of nitrogens with zero attached hydrogens (tertiary/aromatic N) is 3. The quantitative estimate of drug-likeness (QED) is 0.366. The highest BCUT2D eigenvalue weighted by Crippen LogP contribution is 2.29. The Balaban J connectivity index is 1.45. The second-order valence-electron chi connectivity index (χ2n) is 8.96. The van der Waals surface area contributed by atoms with Crippen LogP contribution in [0.3, 0.4) is 0 Å². The summed E-state index contributed by atoms with van der Waals surface area (Å²) in [6.07, 6.45) is 0. The molecule has 0 spiro atoms. The lowest BCUT2D eigenvalue weighted by Gasteiger charge is -2.20. The second kappa shape index (κ2) is 11.8. The van der Waals surface area contributed by atoms with Gasteiger partial charge in [0.2, 0.25) is 0 Å². The average molecular weight is 534 g/mol. The molecular weight excluding hydrogens is 504 g/mol. The third kappa shape index (κ3) is 6.70. The number of nitrogens with one attached hydrogen (secondary N) is 2. The van der Waals surface area contributed by atoms with E-state index in [0.29, 0.717) is 48.9 Å². The zero-order valence-corrected chi connectivity index (χ0v) is 21.4. The summed E-state index contributed by atoms with van der Waals surface area (Å²) in [5, 5.41) is 10.2. The number of hydrogen-bond donors (Lipinski definition) is 3. The van der Waals surface area contributed by atoms with Crippen molar-refractivity contribution in [2.45, 2.75) is 17.7 Å². The number of aromatic nitrogens is 2. The normalized spacial score (nSPS) is 17.9. The van der Waals surface area contributed by atoms with Crippen molar-refractivity contribution >= 4 is 22.6 Å². The molecule has 1 saturated heterocycles. The molecule has 0 aliphatic carbocycles. The second-order valence-corrected chi connectivity index (χ2v) is 9.95. The van der Waals surface area contributed by atoms with Crippen LogP contribution in [-0.4, -0.2) is 68.5 Å². The molecule has 2 aromatic carbocycles. The minimum Gasteiger partial charge on any atom is -0.383 e. The highest BCUT2D eigenvalue weighted by atomic mass is 32.2. The Morgan fingerprint density at radius 1 is 1.11 bits per heavy atom. The van der Waals surface area contributed by atoms with Crippen molar-refractivity contribution in [2.75, 3.05) is 38.7 Å². The van der Waals surface area contributed by atoms with Gasteiger partial charge in [0.05, 0.1) is 24.1 Å². The van der Waals surface area contributed by atoms with Crippen LogP contribution in [0.5, 0.6) is 0 Å². The molecule has 2 heterocycles. The topological polar surface area (TPSA) is 106 Å². The van der Waals surface area contributed by atoms with Crippen molar-refractivity contribution in [3.05, 3.63) is 71.3 Å². The zero-order chi connectivity index (χ0) is 26.5. The van der Waals surface area contributed by atoms with E-state index >= 15 is 0 Å². The largest absolute Gasteiger partial charge is 0.383 e. The molecule has 9 nitrogen and oxygen atoms in total. The van der Waals surface area contributed by atoms with Gasteiger partial charge in [0.1, 0.15) is 16.5 Å². The number of likely N-dealkylation sites (tertiary alicyclic amines) is 1. The Kier molecular flexibility index (Phi) is 8.52. The fraction of sp³-hybridized carbons (Fsp3) is 0.360. The fourth-order valence-electron chi connectivity index (χ4n) is 4.49. The van der Waals surface area contributed by atoms with Crippen LogP contribution in [0, 0.1) is 11.6 Å². The minimum atomic E-state index is -2.50. The maximum absolute atomic E-state index is 13.9. The summed E-state index contributed by atoms with van der Waals surface area (Å²) < 4.78 is 56.0. The lowest BCUT2D eigenvalue weighted by atomic mass is 9.94. The summed E-state index contributed by atoms with van der Waals surface area (Å²) in [6, 6.07) is 11.8. The molecule has 37 heavy (non-hydrogen) atoms. The molecule has 0 bridgehead atoms. The number of thiol groups is 1. The Hall–Kier alpha value is -3.35. The van der Waals surface area contributed by atoms with E-state index in [1.165, 1.54) is 10.7 Å². The van der Waals surface area contributed by atoms with Crippen molar-refractivity contribution in [1.29, 1.82) is 0 Å². The average Bonchev–Trinajstić information content (AvgIpc) is 3.42. The molecule has 0 radical (unpaired) electrons. The number of amides is 2. The summed E-state index contributed by atoms with van der Waals surface area (Å²) in [6.45, 7) is 2.24. The smallest absolute Gasteiger partial charge is 0.320 e. The summed E-state index contributed by atoms with van der Waals surface area (Å²) >= 11 is 0. The van der Waals surface area contributed by atoms with E-state index in [9.17, 15) is 22.0 Å². The van der Waals surface area contributed by atoms with Gasteiger partial charge in [-0.3, -0.25) is 14.9 Å². The van der Waals surface area contributed by atoms with Gasteiger partial charge in [-0.2, -0.15) is 5.10 Å². The van der Waals surface area contributed by atoms with Gasteiger partial charge in [-0.25, -0.2) is 22.0 Å². The summed E-state index contributed by atoms with van der Waals surface area (Å²) in [4.78, 5) is 15.0. The molecule has 1 aliphatic heterocycles. The highest BCUT2D eigenvalue weighted by molar-refractivity contribution is 7.71. The van der Waals surface area contributed by atoms with Crippen LogP contribution in [0.2, 0.25) is 0 Å². The monoisotopic (exact) mass is 533 g/mol. The highest BCUT2D eigenvalue weighted by Gasteiger charge is 2.35.